The standard InChI is InChI=1S/C8H15N3O2/c1-9-8(13)11-7(12)4-6-2-3-10-5-6/h6,10H,2-5H2,1H3,(H2,9,11,12,13). The normalized spacial score (nSPS) is 21.2. The molecule has 1 atom stereocenters. The maximum atomic E-state index is 11.2. The molecule has 3 amide bonds. The van der Waals surface area contributed by atoms with Crippen LogP contribution in [-0.4, -0.2) is 32.1 Å². The molecule has 5 nitrogen and oxygen atoms in total. The fourth-order valence-corrected chi connectivity index (χ4v) is 1.39. The van der Waals surface area contributed by atoms with Gasteiger partial charge in [-0.1, -0.05) is 0 Å². The second-order valence-corrected chi connectivity index (χ2v) is 3.19. The molecule has 1 saturated heterocycles. The first-order valence-electron chi connectivity index (χ1n) is 4.44. The lowest BCUT2D eigenvalue weighted by Crippen LogP contribution is -2.38. The highest BCUT2D eigenvalue weighted by Gasteiger charge is 2.18. The number of rotatable bonds is 2. The van der Waals surface area contributed by atoms with E-state index in [0.29, 0.717) is 12.3 Å². The van der Waals surface area contributed by atoms with E-state index in [1.807, 2.05) is 0 Å². The van der Waals surface area contributed by atoms with Crippen LogP contribution < -0.4 is 16.0 Å². The summed E-state index contributed by atoms with van der Waals surface area (Å²) in [5, 5.41) is 7.74. The summed E-state index contributed by atoms with van der Waals surface area (Å²) >= 11 is 0. The Labute approximate surface area is 77.3 Å². The quantitative estimate of drug-likeness (QED) is 0.540. The Balaban J connectivity index is 2.20. The number of hydrogen-bond acceptors (Lipinski definition) is 3. The largest absolute Gasteiger partial charge is 0.341 e. The maximum absolute atomic E-state index is 11.2. The Morgan fingerprint density at radius 2 is 2.31 bits per heavy atom. The summed E-state index contributed by atoms with van der Waals surface area (Å²) in [6.45, 7) is 1.85. The molecule has 0 radical (unpaired) electrons. The summed E-state index contributed by atoms with van der Waals surface area (Å²) < 4.78 is 0. The van der Waals surface area contributed by atoms with Gasteiger partial charge in [0.15, 0.2) is 0 Å². The SMILES string of the molecule is CNC(=O)NC(=O)CC1CCNC1. The summed E-state index contributed by atoms with van der Waals surface area (Å²) in [5.41, 5.74) is 0. The summed E-state index contributed by atoms with van der Waals surface area (Å²) in [5.74, 6) is 0.178. The van der Waals surface area contributed by atoms with Gasteiger partial charge in [-0.25, -0.2) is 4.79 Å². The fourth-order valence-electron chi connectivity index (χ4n) is 1.39. The van der Waals surface area contributed by atoms with Gasteiger partial charge in [0.05, 0.1) is 0 Å². The molecule has 1 aliphatic heterocycles. The smallest absolute Gasteiger partial charge is 0.321 e. The Morgan fingerprint density at radius 1 is 1.54 bits per heavy atom. The Hall–Kier alpha value is -1.10. The van der Waals surface area contributed by atoms with Gasteiger partial charge in [-0.05, 0) is 25.4 Å². The monoisotopic (exact) mass is 185 g/mol. The Kier molecular flexibility index (Phi) is 3.70. The van der Waals surface area contributed by atoms with Gasteiger partial charge >= 0.3 is 6.03 Å². The highest BCUT2D eigenvalue weighted by Crippen LogP contribution is 2.11. The third-order valence-corrected chi connectivity index (χ3v) is 2.12. The van der Waals surface area contributed by atoms with E-state index in [9.17, 15) is 9.59 Å². The van der Waals surface area contributed by atoms with E-state index in [-0.39, 0.29) is 5.91 Å². The second kappa shape index (κ2) is 4.81. The van der Waals surface area contributed by atoms with E-state index in [0.717, 1.165) is 19.5 Å². The molecule has 1 unspecified atom stereocenters. The second-order valence-electron chi connectivity index (χ2n) is 3.19. The van der Waals surface area contributed by atoms with Crippen molar-refractivity contribution in [3.63, 3.8) is 0 Å². The highest BCUT2D eigenvalue weighted by atomic mass is 16.2. The Bertz CT molecular complexity index is 200. The summed E-state index contributed by atoms with van der Waals surface area (Å²) in [6.07, 6.45) is 1.45. The van der Waals surface area contributed by atoms with Crippen molar-refractivity contribution in [2.24, 2.45) is 5.92 Å². The average molecular weight is 185 g/mol. The van der Waals surface area contributed by atoms with E-state index in [4.69, 9.17) is 0 Å². The van der Waals surface area contributed by atoms with Crippen molar-refractivity contribution in [1.82, 2.24) is 16.0 Å². The number of imide groups is 1. The minimum absolute atomic E-state index is 0.201. The van der Waals surface area contributed by atoms with Crippen molar-refractivity contribution in [2.45, 2.75) is 12.8 Å². The first kappa shape index (κ1) is 9.98. The molecular formula is C8H15N3O2. The van der Waals surface area contributed by atoms with Crippen LogP contribution in [0.3, 0.4) is 0 Å². The highest BCUT2D eigenvalue weighted by molar-refractivity contribution is 5.94. The lowest BCUT2D eigenvalue weighted by molar-refractivity contribution is -0.120. The number of nitrogens with one attached hydrogen (secondary N) is 3. The molecular weight excluding hydrogens is 170 g/mol. The van der Waals surface area contributed by atoms with Gasteiger partial charge in [-0.2, -0.15) is 0 Å². The lowest BCUT2D eigenvalue weighted by Gasteiger charge is -2.07. The van der Waals surface area contributed by atoms with Crippen LogP contribution in [-0.2, 0) is 4.79 Å². The van der Waals surface area contributed by atoms with Crippen LogP contribution in [0.5, 0.6) is 0 Å². The first-order chi connectivity index (χ1) is 6.22. The van der Waals surface area contributed by atoms with Crippen molar-refractivity contribution < 1.29 is 9.59 Å². The van der Waals surface area contributed by atoms with Crippen LogP contribution in [0, 0.1) is 5.92 Å². The molecule has 1 aliphatic rings. The molecule has 74 valence electrons. The van der Waals surface area contributed by atoms with E-state index < -0.39 is 6.03 Å². The number of carbonyl (C=O) groups excluding carboxylic acids is 2. The van der Waals surface area contributed by atoms with Crippen molar-refractivity contribution in [3.05, 3.63) is 0 Å². The number of carbonyl (C=O) groups is 2. The van der Waals surface area contributed by atoms with Crippen LogP contribution in [0.15, 0.2) is 0 Å². The van der Waals surface area contributed by atoms with Crippen molar-refractivity contribution in [3.8, 4) is 0 Å². The topological polar surface area (TPSA) is 70.2 Å². The number of hydrogen-bond donors (Lipinski definition) is 3. The van der Waals surface area contributed by atoms with Gasteiger partial charge in [0, 0.05) is 13.5 Å². The molecule has 0 spiro atoms. The molecule has 1 rings (SSSR count). The van der Waals surface area contributed by atoms with Crippen LogP contribution in [0.2, 0.25) is 0 Å². The zero-order valence-corrected chi connectivity index (χ0v) is 7.72. The van der Waals surface area contributed by atoms with E-state index >= 15 is 0 Å². The minimum Gasteiger partial charge on any atom is -0.341 e. The molecule has 1 heterocycles. The molecule has 0 bridgehead atoms. The van der Waals surface area contributed by atoms with Crippen LogP contribution in [0.25, 0.3) is 0 Å². The fraction of sp³-hybridized carbons (Fsp3) is 0.750. The predicted molar refractivity (Wildman–Crippen MR) is 48.2 cm³/mol. The third kappa shape index (κ3) is 3.42. The number of urea groups is 1. The van der Waals surface area contributed by atoms with Gasteiger partial charge in [0.25, 0.3) is 0 Å². The van der Waals surface area contributed by atoms with E-state index in [1.165, 1.54) is 7.05 Å². The van der Waals surface area contributed by atoms with Gasteiger partial charge < -0.3 is 10.6 Å². The summed E-state index contributed by atoms with van der Waals surface area (Å²) in [4.78, 5) is 21.9. The molecule has 13 heavy (non-hydrogen) atoms. The molecule has 0 aromatic rings. The first-order valence-corrected chi connectivity index (χ1v) is 4.44. The molecule has 0 saturated carbocycles. The molecule has 5 heteroatoms. The zero-order chi connectivity index (χ0) is 9.68. The minimum atomic E-state index is -0.434. The maximum Gasteiger partial charge on any atom is 0.321 e. The van der Waals surface area contributed by atoms with Gasteiger partial charge in [-0.3, -0.25) is 10.1 Å². The van der Waals surface area contributed by atoms with Gasteiger partial charge in [0.1, 0.15) is 0 Å². The van der Waals surface area contributed by atoms with Crippen molar-refractivity contribution in [1.29, 1.82) is 0 Å². The average Bonchev–Trinajstić information content (AvgIpc) is 2.56. The zero-order valence-electron chi connectivity index (χ0n) is 7.72. The van der Waals surface area contributed by atoms with E-state index in [1.54, 1.807) is 0 Å². The summed E-state index contributed by atoms with van der Waals surface area (Å²) in [6, 6.07) is -0.434. The van der Waals surface area contributed by atoms with Gasteiger partial charge in [0.2, 0.25) is 5.91 Å². The van der Waals surface area contributed by atoms with Crippen LogP contribution in [0.4, 0.5) is 4.79 Å². The number of amides is 3. The molecule has 0 aromatic carbocycles. The Morgan fingerprint density at radius 3 is 2.85 bits per heavy atom. The third-order valence-electron chi connectivity index (χ3n) is 2.12. The lowest BCUT2D eigenvalue weighted by atomic mass is 10.1. The van der Waals surface area contributed by atoms with Crippen molar-refractivity contribution in [2.75, 3.05) is 20.1 Å². The molecule has 0 aliphatic carbocycles. The molecule has 1 fully saturated rings. The van der Waals surface area contributed by atoms with Crippen molar-refractivity contribution >= 4 is 11.9 Å². The molecule has 0 aromatic heterocycles. The predicted octanol–water partition coefficient (Wildman–Crippen LogP) is -0.558. The summed E-state index contributed by atoms with van der Waals surface area (Å²) in [7, 11) is 1.49. The van der Waals surface area contributed by atoms with Gasteiger partial charge in [-0.15, -0.1) is 0 Å². The van der Waals surface area contributed by atoms with E-state index in [2.05, 4.69) is 16.0 Å². The van der Waals surface area contributed by atoms with Crippen LogP contribution in [0.1, 0.15) is 12.8 Å². The van der Waals surface area contributed by atoms with Crippen LogP contribution >= 0.6 is 0 Å². The molecule has 3 N–H and O–H groups in total.